The fourth-order valence-electron chi connectivity index (χ4n) is 3.67. The van der Waals surface area contributed by atoms with Gasteiger partial charge >= 0.3 is 0 Å². The summed E-state index contributed by atoms with van der Waals surface area (Å²) in [6.07, 6.45) is 3.13. The molecule has 0 aliphatic rings. The zero-order valence-corrected chi connectivity index (χ0v) is 20.8. The first-order valence-corrected chi connectivity index (χ1v) is 12.1. The molecule has 0 saturated carbocycles. The molecular weight excluding hydrogens is 502 g/mol. The van der Waals surface area contributed by atoms with Gasteiger partial charge in [-0.2, -0.15) is 9.78 Å². The number of hydrogen-bond acceptors (Lipinski definition) is 6. The van der Waals surface area contributed by atoms with E-state index in [0.29, 0.717) is 34.3 Å². The largest absolute Gasteiger partial charge is 0.453 e. The highest BCUT2D eigenvalue weighted by atomic mass is 35.5. The van der Waals surface area contributed by atoms with Crippen LogP contribution in [0.2, 0.25) is 5.02 Å². The summed E-state index contributed by atoms with van der Waals surface area (Å²) in [5, 5.41) is 10.6. The SMILES string of the molecule is O=C(NCc1ccccn1)c1ccc(Nc2c(Oc3ccccc3)cnn(-c3ccccc3Cl)c2=O)cc1. The van der Waals surface area contributed by atoms with Crippen molar-refractivity contribution in [2.45, 2.75) is 6.54 Å². The molecule has 2 aromatic heterocycles. The van der Waals surface area contributed by atoms with Crippen molar-refractivity contribution in [3.8, 4) is 17.2 Å². The molecule has 0 radical (unpaired) electrons. The number of benzene rings is 3. The Morgan fingerprint density at radius 2 is 1.63 bits per heavy atom. The maximum atomic E-state index is 13.6. The van der Waals surface area contributed by atoms with E-state index in [-0.39, 0.29) is 17.3 Å². The number of pyridine rings is 1. The predicted octanol–water partition coefficient (Wildman–Crippen LogP) is 5.75. The molecule has 0 atom stereocenters. The van der Waals surface area contributed by atoms with Gasteiger partial charge in [-0.05, 0) is 60.7 Å². The third kappa shape index (κ3) is 5.71. The molecule has 2 heterocycles. The van der Waals surface area contributed by atoms with E-state index < -0.39 is 5.56 Å². The number of hydrogen-bond donors (Lipinski definition) is 2. The van der Waals surface area contributed by atoms with Gasteiger partial charge in [0.1, 0.15) is 5.75 Å². The molecule has 3 aromatic carbocycles. The Labute approximate surface area is 223 Å². The fraction of sp³-hybridized carbons (Fsp3) is 0.0345. The van der Waals surface area contributed by atoms with E-state index in [1.807, 2.05) is 36.4 Å². The topological polar surface area (TPSA) is 98.1 Å². The van der Waals surface area contributed by atoms with Crippen molar-refractivity contribution >= 4 is 28.9 Å². The summed E-state index contributed by atoms with van der Waals surface area (Å²) in [6, 6.07) is 28.3. The van der Waals surface area contributed by atoms with Crippen LogP contribution in [0.1, 0.15) is 16.1 Å². The standard InChI is InChI=1S/C29H22ClN5O3/c30-24-11-4-5-12-25(24)35-29(37)27(26(19-33-35)38-23-9-2-1-3-10-23)34-21-15-13-20(14-16-21)28(36)32-18-22-8-6-7-17-31-22/h1-17,19,34H,18H2,(H,32,36). The van der Waals surface area contributed by atoms with Gasteiger partial charge in [-0.3, -0.25) is 14.6 Å². The smallest absolute Gasteiger partial charge is 0.299 e. The number of nitrogens with one attached hydrogen (secondary N) is 2. The summed E-state index contributed by atoms with van der Waals surface area (Å²) in [5.74, 6) is 0.550. The molecule has 5 rings (SSSR count). The van der Waals surface area contributed by atoms with Crippen LogP contribution in [-0.4, -0.2) is 20.7 Å². The van der Waals surface area contributed by atoms with Gasteiger partial charge in [-0.15, -0.1) is 0 Å². The van der Waals surface area contributed by atoms with Crippen LogP contribution in [0.25, 0.3) is 5.69 Å². The fourth-order valence-corrected chi connectivity index (χ4v) is 3.88. The molecule has 0 bridgehead atoms. The minimum Gasteiger partial charge on any atom is -0.453 e. The number of carbonyl (C=O) groups excluding carboxylic acids is 1. The molecule has 188 valence electrons. The average Bonchev–Trinajstić information content (AvgIpc) is 2.96. The molecule has 5 aromatic rings. The van der Waals surface area contributed by atoms with Crippen molar-refractivity contribution in [2.75, 3.05) is 5.32 Å². The van der Waals surface area contributed by atoms with Gasteiger partial charge in [0.15, 0.2) is 11.4 Å². The van der Waals surface area contributed by atoms with E-state index in [1.54, 1.807) is 66.9 Å². The first-order valence-electron chi connectivity index (χ1n) is 11.7. The normalized spacial score (nSPS) is 10.6. The molecule has 0 fully saturated rings. The molecule has 0 aliphatic heterocycles. The average molecular weight is 524 g/mol. The number of aromatic nitrogens is 3. The molecule has 2 N–H and O–H groups in total. The summed E-state index contributed by atoms with van der Waals surface area (Å²) in [5.41, 5.74) is 1.96. The molecule has 1 amide bonds. The monoisotopic (exact) mass is 523 g/mol. The van der Waals surface area contributed by atoms with E-state index >= 15 is 0 Å². The lowest BCUT2D eigenvalue weighted by Crippen LogP contribution is -2.24. The summed E-state index contributed by atoms with van der Waals surface area (Å²) in [6.45, 7) is 0.318. The number of ether oxygens (including phenoxy) is 1. The lowest BCUT2D eigenvalue weighted by Gasteiger charge is -2.15. The minimum absolute atomic E-state index is 0.163. The summed E-state index contributed by atoms with van der Waals surface area (Å²) in [7, 11) is 0. The predicted molar refractivity (Wildman–Crippen MR) is 146 cm³/mol. The minimum atomic E-state index is -0.455. The molecule has 8 nitrogen and oxygen atoms in total. The van der Waals surface area contributed by atoms with Crippen molar-refractivity contribution < 1.29 is 9.53 Å². The third-order valence-electron chi connectivity index (χ3n) is 5.57. The molecule has 9 heteroatoms. The van der Waals surface area contributed by atoms with Gasteiger partial charge in [0.2, 0.25) is 0 Å². The highest BCUT2D eigenvalue weighted by molar-refractivity contribution is 6.32. The lowest BCUT2D eigenvalue weighted by atomic mass is 10.2. The van der Waals surface area contributed by atoms with Gasteiger partial charge in [0.25, 0.3) is 11.5 Å². The Hall–Kier alpha value is -4.95. The second-order valence-corrected chi connectivity index (χ2v) is 8.58. The van der Waals surface area contributed by atoms with Crippen molar-refractivity contribution in [3.63, 3.8) is 0 Å². The van der Waals surface area contributed by atoms with Crippen molar-refractivity contribution in [1.82, 2.24) is 20.1 Å². The third-order valence-corrected chi connectivity index (χ3v) is 5.89. The second kappa shape index (κ2) is 11.4. The number of halogens is 1. The number of nitrogens with zero attached hydrogens (tertiary/aromatic N) is 3. The summed E-state index contributed by atoms with van der Waals surface area (Å²) in [4.78, 5) is 30.3. The Kier molecular flexibility index (Phi) is 7.42. The van der Waals surface area contributed by atoms with Crippen LogP contribution >= 0.6 is 11.6 Å². The van der Waals surface area contributed by atoms with E-state index in [9.17, 15) is 9.59 Å². The van der Waals surface area contributed by atoms with Gasteiger partial charge in [-0.1, -0.05) is 48.0 Å². The number of para-hydroxylation sites is 2. The molecule has 0 aliphatic carbocycles. The molecule has 0 unspecified atom stereocenters. The van der Waals surface area contributed by atoms with Gasteiger partial charge in [-0.25, -0.2) is 0 Å². The molecule has 0 saturated heterocycles. The van der Waals surface area contributed by atoms with Crippen LogP contribution in [0.5, 0.6) is 11.5 Å². The number of carbonyl (C=O) groups is 1. The quantitative estimate of drug-likeness (QED) is 0.269. The van der Waals surface area contributed by atoms with E-state index in [0.717, 1.165) is 5.69 Å². The van der Waals surface area contributed by atoms with E-state index in [2.05, 4.69) is 20.7 Å². The zero-order chi connectivity index (χ0) is 26.3. The van der Waals surface area contributed by atoms with Crippen LogP contribution in [-0.2, 0) is 6.54 Å². The number of amides is 1. The first kappa shape index (κ1) is 24.7. The Balaban J connectivity index is 1.42. The van der Waals surface area contributed by atoms with Crippen LogP contribution < -0.4 is 20.9 Å². The Morgan fingerprint density at radius 3 is 2.37 bits per heavy atom. The summed E-state index contributed by atoms with van der Waals surface area (Å²) < 4.78 is 7.19. The van der Waals surface area contributed by atoms with Crippen LogP contribution in [0.15, 0.2) is 114 Å². The molecule has 38 heavy (non-hydrogen) atoms. The van der Waals surface area contributed by atoms with Gasteiger partial charge in [0, 0.05) is 17.4 Å². The van der Waals surface area contributed by atoms with E-state index in [4.69, 9.17) is 16.3 Å². The second-order valence-electron chi connectivity index (χ2n) is 8.17. The first-order chi connectivity index (χ1) is 18.6. The van der Waals surface area contributed by atoms with Crippen LogP contribution in [0, 0.1) is 0 Å². The highest BCUT2D eigenvalue weighted by Crippen LogP contribution is 2.29. The van der Waals surface area contributed by atoms with Crippen molar-refractivity contribution in [3.05, 3.63) is 136 Å². The van der Waals surface area contributed by atoms with E-state index in [1.165, 1.54) is 10.9 Å². The number of rotatable bonds is 8. The van der Waals surface area contributed by atoms with Gasteiger partial charge < -0.3 is 15.4 Å². The maximum absolute atomic E-state index is 13.6. The van der Waals surface area contributed by atoms with Crippen LogP contribution in [0.3, 0.4) is 0 Å². The Morgan fingerprint density at radius 1 is 0.895 bits per heavy atom. The molecular formula is C29H22ClN5O3. The summed E-state index contributed by atoms with van der Waals surface area (Å²) >= 11 is 6.33. The zero-order valence-electron chi connectivity index (χ0n) is 20.0. The lowest BCUT2D eigenvalue weighted by molar-refractivity contribution is 0.0950. The highest BCUT2D eigenvalue weighted by Gasteiger charge is 2.17. The van der Waals surface area contributed by atoms with Crippen LogP contribution in [0.4, 0.5) is 11.4 Å². The van der Waals surface area contributed by atoms with Crippen molar-refractivity contribution in [1.29, 1.82) is 0 Å². The number of anilines is 2. The Bertz CT molecular complexity index is 1610. The van der Waals surface area contributed by atoms with Crippen molar-refractivity contribution in [2.24, 2.45) is 0 Å². The maximum Gasteiger partial charge on any atom is 0.299 e. The van der Waals surface area contributed by atoms with Gasteiger partial charge in [0.05, 0.1) is 29.1 Å². The molecule has 0 spiro atoms.